The molecule has 13 heavy (non-hydrogen) atoms. The van der Waals surface area contributed by atoms with Crippen molar-refractivity contribution in [2.45, 2.75) is 31.0 Å². The molecule has 3 nitrogen and oxygen atoms in total. The van der Waals surface area contributed by atoms with Crippen LogP contribution in [0.4, 0.5) is 0 Å². The molecule has 0 bridgehead atoms. The highest BCUT2D eigenvalue weighted by molar-refractivity contribution is 9.09. The van der Waals surface area contributed by atoms with E-state index < -0.39 is 0 Å². The van der Waals surface area contributed by atoms with Crippen LogP contribution in [-0.4, -0.2) is 9.81 Å². The maximum Gasteiger partial charge on any atom is 0.416 e. The van der Waals surface area contributed by atoms with Gasteiger partial charge in [0.05, 0.1) is 5.69 Å². The monoisotopic (exact) mass is 245 g/mol. The third kappa shape index (κ3) is 1.37. The van der Waals surface area contributed by atoms with E-state index in [1.54, 1.807) is 0 Å². The second kappa shape index (κ2) is 3.01. The SMILES string of the molecule is CC1c2oc(=O)[nH]c2CC(Br)C1C. The zero-order valence-electron chi connectivity index (χ0n) is 7.63. The summed E-state index contributed by atoms with van der Waals surface area (Å²) in [5.74, 6) is 1.33. The van der Waals surface area contributed by atoms with Gasteiger partial charge in [0, 0.05) is 17.2 Å². The van der Waals surface area contributed by atoms with E-state index >= 15 is 0 Å². The second-order valence-corrected chi connectivity index (χ2v) is 4.90. The third-order valence-corrected chi connectivity index (χ3v) is 4.08. The molecule has 1 aliphatic carbocycles. The molecule has 0 aromatic carbocycles. The minimum Gasteiger partial charge on any atom is -0.412 e. The van der Waals surface area contributed by atoms with Gasteiger partial charge in [-0.25, -0.2) is 4.79 Å². The van der Waals surface area contributed by atoms with Crippen LogP contribution in [0.1, 0.15) is 31.2 Å². The Morgan fingerprint density at radius 3 is 2.92 bits per heavy atom. The quantitative estimate of drug-likeness (QED) is 0.712. The van der Waals surface area contributed by atoms with Gasteiger partial charge in [-0.3, -0.25) is 4.98 Å². The molecule has 4 heteroatoms. The van der Waals surface area contributed by atoms with Gasteiger partial charge in [0.1, 0.15) is 5.76 Å². The molecule has 1 N–H and O–H groups in total. The van der Waals surface area contributed by atoms with Crippen LogP contribution in [0.2, 0.25) is 0 Å². The number of aromatic nitrogens is 1. The van der Waals surface area contributed by atoms with Gasteiger partial charge in [0.25, 0.3) is 0 Å². The number of halogens is 1. The first kappa shape index (κ1) is 9.06. The zero-order valence-corrected chi connectivity index (χ0v) is 9.22. The van der Waals surface area contributed by atoms with E-state index in [0.717, 1.165) is 17.9 Å². The Bertz CT molecular complexity index is 368. The van der Waals surface area contributed by atoms with Gasteiger partial charge in [-0.1, -0.05) is 29.8 Å². The summed E-state index contributed by atoms with van der Waals surface area (Å²) in [6.07, 6.45) is 0.854. The first-order chi connectivity index (χ1) is 6.09. The molecular formula is C9H12BrNO2. The minimum atomic E-state index is -0.328. The van der Waals surface area contributed by atoms with Crippen molar-refractivity contribution in [2.75, 3.05) is 0 Å². The van der Waals surface area contributed by atoms with E-state index in [4.69, 9.17) is 4.42 Å². The largest absolute Gasteiger partial charge is 0.416 e. The van der Waals surface area contributed by atoms with Gasteiger partial charge in [0.2, 0.25) is 0 Å². The van der Waals surface area contributed by atoms with Gasteiger partial charge >= 0.3 is 5.76 Å². The average Bonchev–Trinajstić information content (AvgIpc) is 2.42. The predicted molar refractivity (Wildman–Crippen MR) is 53.3 cm³/mol. The highest BCUT2D eigenvalue weighted by atomic mass is 79.9. The van der Waals surface area contributed by atoms with Crippen LogP contribution in [0.25, 0.3) is 0 Å². The van der Waals surface area contributed by atoms with Crippen LogP contribution in [-0.2, 0) is 6.42 Å². The van der Waals surface area contributed by atoms with Crippen molar-refractivity contribution in [1.29, 1.82) is 0 Å². The Balaban J connectivity index is 2.48. The lowest BCUT2D eigenvalue weighted by Crippen LogP contribution is -2.25. The number of H-pyrrole nitrogens is 1. The number of fused-ring (bicyclic) bond motifs is 1. The molecule has 72 valence electrons. The molecule has 1 aliphatic rings. The molecular weight excluding hydrogens is 234 g/mol. The third-order valence-electron chi connectivity index (χ3n) is 2.92. The van der Waals surface area contributed by atoms with Crippen LogP contribution in [0.5, 0.6) is 0 Å². The lowest BCUT2D eigenvalue weighted by Gasteiger charge is -2.28. The predicted octanol–water partition coefficient (Wildman–Crippen LogP) is 2.03. The highest BCUT2D eigenvalue weighted by Crippen LogP contribution is 2.37. The molecule has 1 aromatic rings. The Kier molecular flexibility index (Phi) is 2.10. The van der Waals surface area contributed by atoms with E-state index in [1.165, 1.54) is 0 Å². The van der Waals surface area contributed by atoms with E-state index in [9.17, 15) is 4.79 Å². The number of oxazole rings is 1. The van der Waals surface area contributed by atoms with Crippen molar-refractivity contribution in [3.8, 4) is 0 Å². The van der Waals surface area contributed by atoms with Crippen molar-refractivity contribution in [3.63, 3.8) is 0 Å². The normalized spacial score (nSPS) is 33.0. The van der Waals surface area contributed by atoms with Crippen molar-refractivity contribution >= 4 is 15.9 Å². The van der Waals surface area contributed by atoms with E-state index in [0.29, 0.717) is 16.7 Å². The maximum atomic E-state index is 11.0. The summed E-state index contributed by atoms with van der Waals surface area (Å²) in [6, 6.07) is 0. The molecule has 0 saturated carbocycles. The molecule has 0 radical (unpaired) electrons. The fraction of sp³-hybridized carbons (Fsp3) is 0.667. The number of hydrogen-bond acceptors (Lipinski definition) is 2. The molecule has 0 aliphatic heterocycles. The molecule has 0 spiro atoms. The minimum absolute atomic E-state index is 0.312. The summed E-state index contributed by atoms with van der Waals surface area (Å²) in [5, 5.41) is 0. The lowest BCUT2D eigenvalue weighted by atomic mass is 9.83. The molecule has 3 unspecified atom stereocenters. The van der Waals surface area contributed by atoms with Gasteiger partial charge in [-0.2, -0.15) is 0 Å². The lowest BCUT2D eigenvalue weighted by molar-refractivity contribution is 0.354. The molecule has 3 atom stereocenters. The van der Waals surface area contributed by atoms with Crippen molar-refractivity contribution in [3.05, 3.63) is 22.0 Å². The van der Waals surface area contributed by atoms with Crippen molar-refractivity contribution in [1.82, 2.24) is 4.98 Å². The number of hydrogen-bond donors (Lipinski definition) is 1. The summed E-state index contributed by atoms with van der Waals surface area (Å²) in [7, 11) is 0. The first-order valence-electron chi connectivity index (χ1n) is 4.45. The first-order valence-corrected chi connectivity index (χ1v) is 5.37. The zero-order chi connectivity index (χ0) is 9.59. The standard InChI is InChI=1S/C9H12BrNO2/c1-4-5(2)8-7(3-6(4)10)11-9(12)13-8/h4-6H,3H2,1-2H3,(H,11,12). The summed E-state index contributed by atoms with van der Waals surface area (Å²) in [5.41, 5.74) is 0.956. The van der Waals surface area contributed by atoms with Crippen LogP contribution < -0.4 is 5.76 Å². The smallest absolute Gasteiger partial charge is 0.412 e. The summed E-state index contributed by atoms with van der Waals surface area (Å²) >= 11 is 3.61. The van der Waals surface area contributed by atoms with E-state index in [1.807, 2.05) is 0 Å². The molecule has 1 heterocycles. The topological polar surface area (TPSA) is 46.0 Å². The molecule has 0 fully saturated rings. The van der Waals surface area contributed by atoms with Crippen LogP contribution in [0.3, 0.4) is 0 Å². The number of alkyl halides is 1. The van der Waals surface area contributed by atoms with Gasteiger partial charge < -0.3 is 4.42 Å². The van der Waals surface area contributed by atoms with Gasteiger partial charge in [0.15, 0.2) is 0 Å². The van der Waals surface area contributed by atoms with Gasteiger partial charge in [-0.15, -0.1) is 0 Å². The van der Waals surface area contributed by atoms with Crippen molar-refractivity contribution < 1.29 is 4.42 Å². The second-order valence-electron chi connectivity index (χ2n) is 3.73. The Morgan fingerprint density at radius 1 is 1.54 bits per heavy atom. The van der Waals surface area contributed by atoms with Gasteiger partial charge in [-0.05, 0) is 5.92 Å². The van der Waals surface area contributed by atoms with Crippen LogP contribution in [0.15, 0.2) is 9.21 Å². The highest BCUT2D eigenvalue weighted by Gasteiger charge is 2.33. The molecule has 0 saturated heterocycles. The summed E-state index contributed by atoms with van der Waals surface area (Å²) < 4.78 is 5.11. The molecule has 2 rings (SSSR count). The Labute approximate surface area is 84.7 Å². The number of aromatic amines is 1. The number of rotatable bonds is 0. The van der Waals surface area contributed by atoms with Crippen LogP contribution in [0, 0.1) is 5.92 Å². The fourth-order valence-corrected chi connectivity index (χ4v) is 2.61. The van der Waals surface area contributed by atoms with E-state index in [-0.39, 0.29) is 5.76 Å². The molecule has 1 aromatic heterocycles. The Hall–Kier alpha value is -0.510. The van der Waals surface area contributed by atoms with Crippen molar-refractivity contribution in [2.24, 2.45) is 5.92 Å². The fourth-order valence-electron chi connectivity index (χ4n) is 1.82. The summed E-state index contributed by atoms with van der Waals surface area (Å²) in [6.45, 7) is 4.26. The molecule has 0 amide bonds. The average molecular weight is 246 g/mol. The maximum absolute atomic E-state index is 11.0. The summed E-state index contributed by atoms with van der Waals surface area (Å²) in [4.78, 5) is 14.1. The van der Waals surface area contributed by atoms with Crippen LogP contribution >= 0.6 is 15.9 Å². The number of nitrogens with one attached hydrogen (secondary N) is 1. The Morgan fingerprint density at radius 2 is 2.23 bits per heavy atom. The van der Waals surface area contributed by atoms with E-state index in [2.05, 4.69) is 34.8 Å².